The largest absolute Gasteiger partial charge is 0.396 e. The fourth-order valence-electron chi connectivity index (χ4n) is 1.79. The highest BCUT2D eigenvalue weighted by atomic mass is 35.5. The molecule has 16 heavy (non-hydrogen) atoms. The maximum absolute atomic E-state index is 8.68. The minimum atomic E-state index is 0.247. The molecule has 0 saturated heterocycles. The van der Waals surface area contributed by atoms with Crippen molar-refractivity contribution in [3.8, 4) is 0 Å². The molecule has 0 aliphatic rings. The Morgan fingerprint density at radius 2 is 2.12 bits per heavy atom. The van der Waals surface area contributed by atoms with Gasteiger partial charge in [0.15, 0.2) is 0 Å². The average Bonchev–Trinajstić information content (AvgIpc) is 2.63. The van der Waals surface area contributed by atoms with Gasteiger partial charge in [-0.1, -0.05) is 29.8 Å². The Kier molecular flexibility index (Phi) is 3.83. The Morgan fingerprint density at radius 1 is 1.31 bits per heavy atom. The van der Waals surface area contributed by atoms with E-state index in [2.05, 4.69) is 10.3 Å². The summed E-state index contributed by atoms with van der Waals surface area (Å²) in [6.45, 7) is 1.99. The molecule has 4 heteroatoms. The summed E-state index contributed by atoms with van der Waals surface area (Å²) in [7, 11) is 0. The first-order chi connectivity index (χ1) is 7.83. The van der Waals surface area contributed by atoms with Crippen molar-refractivity contribution in [2.24, 2.45) is 0 Å². The molecule has 0 atom stereocenters. The number of rotatable bonds is 5. The third-order valence-corrected chi connectivity index (χ3v) is 3.06. The summed E-state index contributed by atoms with van der Waals surface area (Å²) < 4.78 is 0. The number of aliphatic hydroxyl groups is 1. The molecular weight excluding hydrogens is 224 g/mol. The molecule has 1 aromatic carbocycles. The number of hydrogen-bond acceptors (Lipinski definition) is 1. The van der Waals surface area contributed by atoms with Crippen LogP contribution in [0.4, 0.5) is 0 Å². The lowest BCUT2D eigenvalue weighted by Crippen LogP contribution is -2.82. The van der Waals surface area contributed by atoms with Crippen molar-refractivity contribution < 1.29 is 10.4 Å². The molecule has 0 unspecified atom stereocenters. The number of halogens is 1. The number of aromatic nitrogens is 1. The normalized spacial score (nSPS) is 11.1. The standard InChI is InChI=1S/C12H15ClN2O/c13-12-9-4-1-2-5-10(9)15-11(12)8-14-6-3-7-16/h1-2,4-5,14-16H,3,6-8H2/p+1. The van der Waals surface area contributed by atoms with E-state index < -0.39 is 0 Å². The number of nitrogens with two attached hydrogens (primary N) is 1. The van der Waals surface area contributed by atoms with Crippen LogP contribution in [0, 0.1) is 0 Å². The molecule has 0 spiro atoms. The molecule has 0 aliphatic heterocycles. The molecule has 1 aromatic heterocycles. The number of para-hydroxylation sites is 1. The Labute approximate surface area is 99.4 Å². The quantitative estimate of drug-likeness (QED) is 0.677. The summed E-state index contributed by atoms with van der Waals surface area (Å²) in [4.78, 5) is 3.32. The van der Waals surface area contributed by atoms with Gasteiger partial charge in [0.25, 0.3) is 0 Å². The van der Waals surface area contributed by atoms with E-state index in [0.717, 1.165) is 41.1 Å². The van der Waals surface area contributed by atoms with Gasteiger partial charge in [0.1, 0.15) is 6.54 Å². The number of benzene rings is 1. The number of quaternary nitrogens is 1. The minimum Gasteiger partial charge on any atom is -0.396 e. The predicted molar refractivity (Wildman–Crippen MR) is 65.5 cm³/mol. The summed E-state index contributed by atoms with van der Waals surface area (Å²) >= 11 is 6.27. The van der Waals surface area contributed by atoms with Crippen molar-refractivity contribution in [2.75, 3.05) is 13.2 Å². The predicted octanol–water partition coefficient (Wildman–Crippen LogP) is 1.27. The van der Waals surface area contributed by atoms with E-state index in [1.165, 1.54) is 0 Å². The van der Waals surface area contributed by atoms with Gasteiger partial charge >= 0.3 is 0 Å². The highest BCUT2D eigenvalue weighted by molar-refractivity contribution is 6.36. The monoisotopic (exact) mass is 239 g/mol. The van der Waals surface area contributed by atoms with E-state index >= 15 is 0 Å². The molecule has 2 rings (SSSR count). The topological polar surface area (TPSA) is 52.6 Å². The maximum Gasteiger partial charge on any atom is 0.118 e. The second-order valence-corrected chi connectivity index (χ2v) is 4.20. The highest BCUT2D eigenvalue weighted by Crippen LogP contribution is 2.26. The van der Waals surface area contributed by atoms with Crippen LogP contribution in [0.15, 0.2) is 24.3 Å². The number of aliphatic hydroxyl groups excluding tert-OH is 1. The van der Waals surface area contributed by atoms with E-state index in [0.29, 0.717) is 0 Å². The van der Waals surface area contributed by atoms with Crippen LogP contribution in [0.2, 0.25) is 5.02 Å². The number of H-pyrrole nitrogens is 1. The Bertz CT molecular complexity index is 467. The lowest BCUT2D eigenvalue weighted by molar-refractivity contribution is -0.671. The summed E-state index contributed by atoms with van der Waals surface area (Å²) in [6.07, 6.45) is 0.817. The van der Waals surface area contributed by atoms with Crippen LogP contribution < -0.4 is 5.32 Å². The van der Waals surface area contributed by atoms with Crippen LogP contribution in [-0.4, -0.2) is 23.2 Å². The first-order valence-electron chi connectivity index (χ1n) is 5.50. The number of aromatic amines is 1. The van der Waals surface area contributed by atoms with Gasteiger partial charge in [-0.15, -0.1) is 0 Å². The highest BCUT2D eigenvalue weighted by Gasteiger charge is 2.09. The molecule has 4 N–H and O–H groups in total. The first kappa shape index (κ1) is 11.5. The second kappa shape index (κ2) is 5.34. The smallest absolute Gasteiger partial charge is 0.118 e. The van der Waals surface area contributed by atoms with Gasteiger partial charge in [-0.05, 0) is 6.07 Å². The summed E-state index contributed by atoms with van der Waals surface area (Å²) in [6, 6.07) is 8.03. The van der Waals surface area contributed by atoms with Crippen LogP contribution in [0.3, 0.4) is 0 Å². The van der Waals surface area contributed by atoms with E-state index in [4.69, 9.17) is 16.7 Å². The summed E-state index contributed by atoms with van der Waals surface area (Å²) in [5, 5.41) is 12.7. The van der Waals surface area contributed by atoms with Gasteiger partial charge in [-0.25, -0.2) is 0 Å². The molecule has 2 aromatic rings. The molecule has 0 aliphatic carbocycles. The third-order valence-electron chi connectivity index (χ3n) is 2.63. The third kappa shape index (κ3) is 2.38. The molecule has 0 amide bonds. The van der Waals surface area contributed by atoms with Crippen molar-refractivity contribution in [3.63, 3.8) is 0 Å². The molecule has 0 radical (unpaired) electrons. The van der Waals surface area contributed by atoms with Crippen LogP contribution in [0.1, 0.15) is 12.1 Å². The molecule has 3 nitrogen and oxygen atoms in total. The Morgan fingerprint density at radius 3 is 2.88 bits per heavy atom. The molecule has 0 saturated carbocycles. The van der Waals surface area contributed by atoms with E-state index in [-0.39, 0.29) is 6.61 Å². The fraction of sp³-hybridized carbons (Fsp3) is 0.333. The van der Waals surface area contributed by atoms with Crippen molar-refractivity contribution in [1.29, 1.82) is 0 Å². The van der Waals surface area contributed by atoms with E-state index in [1.54, 1.807) is 0 Å². The zero-order chi connectivity index (χ0) is 11.4. The fourth-order valence-corrected chi connectivity index (χ4v) is 2.08. The van der Waals surface area contributed by atoms with Crippen molar-refractivity contribution >= 4 is 22.5 Å². The Hall–Kier alpha value is -1.03. The lowest BCUT2D eigenvalue weighted by Gasteiger charge is -1.98. The summed E-state index contributed by atoms with van der Waals surface area (Å²) in [5.74, 6) is 0. The number of nitrogens with one attached hydrogen (secondary N) is 1. The maximum atomic E-state index is 8.68. The number of hydrogen-bond donors (Lipinski definition) is 3. The van der Waals surface area contributed by atoms with Crippen molar-refractivity contribution in [1.82, 2.24) is 4.98 Å². The van der Waals surface area contributed by atoms with Gasteiger partial charge in [-0.3, -0.25) is 0 Å². The van der Waals surface area contributed by atoms with Gasteiger partial charge in [0.05, 0.1) is 17.3 Å². The minimum absolute atomic E-state index is 0.247. The zero-order valence-corrected chi connectivity index (χ0v) is 9.80. The van der Waals surface area contributed by atoms with Crippen LogP contribution in [0.5, 0.6) is 0 Å². The van der Waals surface area contributed by atoms with E-state index in [1.807, 2.05) is 24.3 Å². The molecule has 0 bridgehead atoms. The number of fused-ring (bicyclic) bond motifs is 1. The molecule has 0 fully saturated rings. The van der Waals surface area contributed by atoms with Gasteiger partial charge in [-0.2, -0.15) is 0 Å². The van der Waals surface area contributed by atoms with Crippen LogP contribution >= 0.6 is 11.6 Å². The van der Waals surface area contributed by atoms with Gasteiger partial charge in [0, 0.05) is 23.9 Å². The van der Waals surface area contributed by atoms with Gasteiger partial charge in [0.2, 0.25) is 0 Å². The van der Waals surface area contributed by atoms with Gasteiger partial charge < -0.3 is 15.4 Å². The zero-order valence-electron chi connectivity index (χ0n) is 9.04. The van der Waals surface area contributed by atoms with Crippen molar-refractivity contribution in [2.45, 2.75) is 13.0 Å². The molecule has 1 heterocycles. The first-order valence-corrected chi connectivity index (χ1v) is 5.88. The summed E-state index contributed by atoms with van der Waals surface area (Å²) in [5.41, 5.74) is 2.14. The van der Waals surface area contributed by atoms with Crippen molar-refractivity contribution in [3.05, 3.63) is 35.0 Å². The Balaban J connectivity index is 2.09. The van der Waals surface area contributed by atoms with E-state index in [9.17, 15) is 0 Å². The van der Waals surface area contributed by atoms with Crippen LogP contribution in [-0.2, 0) is 6.54 Å². The lowest BCUT2D eigenvalue weighted by atomic mass is 10.2. The molecule has 86 valence electrons. The van der Waals surface area contributed by atoms with Crippen LogP contribution in [0.25, 0.3) is 10.9 Å². The molecular formula is C12H16ClN2O+. The average molecular weight is 240 g/mol. The SMILES string of the molecule is OCCC[NH2+]Cc1[nH]c2ccccc2c1Cl. The second-order valence-electron chi connectivity index (χ2n) is 3.82.